The number of hydrogen-bond acceptors (Lipinski definition) is 2. The van der Waals surface area contributed by atoms with E-state index in [1.807, 2.05) is 13.8 Å². The van der Waals surface area contributed by atoms with Crippen LogP contribution < -0.4 is 0 Å². The van der Waals surface area contributed by atoms with Crippen LogP contribution in [0.2, 0.25) is 0 Å². The lowest BCUT2D eigenvalue weighted by Gasteiger charge is -2.02. The Labute approximate surface area is 89.9 Å². The van der Waals surface area contributed by atoms with Gasteiger partial charge in [0, 0.05) is 4.88 Å². The summed E-state index contributed by atoms with van der Waals surface area (Å²) in [5.41, 5.74) is 0. The molecule has 1 aromatic heterocycles. The average molecular weight is 236 g/mol. The van der Waals surface area contributed by atoms with Crippen LogP contribution in [-0.4, -0.2) is 12.0 Å². The van der Waals surface area contributed by atoms with E-state index in [1.54, 1.807) is 6.07 Å². The Morgan fingerprint density at radius 1 is 1.40 bits per heavy atom. The van der Waals surface area contributed by atoms with E-state index in [2.05, 4.69) is 0 Å². The zero-order valence-corrected chi connectivity index (χ0v) is 9.21. The van der Waals surface area contributed by atoms with Crippen molar-refractivity contribution in [3.8, 4) is 0 Å². The van der Waals surface area contributed by atoms with E-state index in [9.17, 15) is 18.0 Å². The number of ketones is 1. The predicted molar refractivity (Wildman–Crippen MR) is 53.2 cm³/mol. The minimum Gasteiger partial charge on any atom is -0.283 e. The highest BCUT2D eigenvalue weighted by molar-refractivity contribution is 7.14. The van der Waals surface area contributed by atoms with E-state index >= 15 is 0 Å². The van der Waals surface area contributed by atoms with Gasteiger partial charge in [-0.1, -0.05) is 13.8 Å². The lowest BCUT2D eigenvalue weighted by atomic mass is 10.1. The van der Waals surface area contributed by atoms with Crippen LogP contribution in [0.1, 0.15) is 28.4 Å². The van der Waals surface area contributed by atoms with Gasteiger partial charge in [-0.05, 0) is 24.5 Å². The van der Waals surface area contributed by atoms with Gasteiger partial charge < -0.3 is 0 Å². The summed E-state index contributed by atoms with van der Waals surface area (Å²) < 4.78 is 36.2. The summed E-state index contributed by atoms with van der Waals surface area (Å²) in [6.45, 7) is 3.95. The summed E-state index contributed by atoms with van der Waals surface area (Å²) in [6, 6.07) is 2.84. The molecule has 1 heterocycles. The zero-order valence-electron chi connectivity index (χ0n) is 8.39. The van der Waals surface area contributed by atoms with Gasteiger partial charge in [-0.2, -0.15) is 13.2 Å². The first-order valence-corrected chi connectivity index (χ1v) is 5.32. The molecule has 0 aliphatic rings. The molecule has 0 N–H and O–H groups in total. The molecule has 1 aromatic rings. The van der Waals surface area contributed by atoms with Gasteiger partial charge in [0.05, 0.1) is 4.88 Å². The summed E-state index contributed by atoms with van der Waals surface area (Å²) in [4.78, 5) is 11.4. The Bertz CT molecular complexity index is 352. The number of rotatable bonds is 3. The van der Waals surface area contributed by atoms with Crippen molar-refractivity contribution in [3.05, 3.63) is 21.9 Å². The van der Waals surface area contributed by atoms with Gasteiger partial charge in [0.25, 0.3) is 5.78 Å². The molecule has 0 atom stereocenters. The normalized spacial score (nSPS) is 12.1. The third kappa shape index (κ3) is 3.34. The largest absolute Gasteiger partial charge is 0.455 e. The highest BCUT2D eigenvalue weighted by Gasteiger charge is 2.40. The van der Waals surface area contributed by atoms with Crippen LogP contribution in [0.5, 0.6) is 0 Å². The molecule has 0 radical (unpaired) electrons. The monoisotopic (exact) mass is 236 g/mol. The van der Waals surface area contributed by atoms with Crippen molar-refractivity contribution in [2.24, 2.45) is 5.92 Å². The Balaban J connectivity index is 2.81. The minimum atomic E-state index is -4.76. The molecule has 15 heavy (non-hydrogen) atoms. The van der Waals surface area contributed by atoms with Gasteiger partial charge in [0.15, 0.2) is 0 Å². The van der Waals surface area contributed by atoms with Gasteiger partial charge in [0.2, 0.25) is 0 Å². The van der Waals surface area contributed by atoms with Crippen molar-refractivity contribution in [3.63, 3.8) is 0 Å². The Morgan fingerprint density at radius 3 is 2.47 bits per heavy atom. The van der Waals surface area contributed by atoms with E-state index in [-0.39, 0.29) is 4.88 Å². The maximum absolute atomic E-state index is 12.1. The summed E-state index contributed by atoms with van der Waals surface area (Å²) in [7, 11) is 0. The fourth-order valence-corrected chi connectivity index (χ4v) is 2.33. The number of alkyl halides is 3. The average Bonchev–Trinajstić information content (AvgIpc) is 2.48. The van der Waals surface area contributed by atoms with Gasteiger partial charge in [-0.15, -0.1) is 11.3 Å². The smallest absolute Gasteiger partial charge is 0.283 e. The van der Waals surface area contributed by atoms with Crippen LogP contribution in [-0.2, 0) is 6.42 Å². The first-order valence-electron chi connectivity index (χ1n) is 4.51. The molecule has 0 spiro atoms. The predicted octanol–water partition coefficient (Wildman–Crippen LogP) is 3.69. The van der Waals surface area contributed by atoms with Crippen molar-refractivity contribution >= 4 is 17.1 Å². The van der Waals surface area contributed by atoms with E-state index in [1.165, 1.54) is 6.07 Å². The van der Waals surface area contributed by atoms with Crippen LogP contribution in [0.25, 0.3) is 0 Å². The number of carbonyl (C=O) groups is 1. The number of hydrogen-bond donors (Lipinski definition) is 0. The molecule has 0 bridgehead atoms. The molecule has 5 heteroatoms. The molecule has 0 amide bonds. The van der Waals surface area contributed by atoms with Gasteiger partial charge in [-0.25, -0.2) is 0 Å². The highest BCUT2D eigenvalue weighted by atomic mass is 32.1. The molecule has 1 nitrogen and oxygen atoms in total. The molecule has 0 aromatic carbocycles. The van der Waals surface area contributed by atoms with Gasteiger partial charge >= 0.3 is 6.18 Å². The lowest BCUT2D eigenvalue weighted by Crippen LogP contribution is -2.21. The van der Waals surface area contributed by atoms with Crippen LogP contribution in [0.4, 0.5) is 13.2 Å². The minimum absolute atomic E-state index is 0.224. The second kappa shape index (κ2) is 4.35. The second-order valence-electron chi connectivity index (χ2n) is 3.69. The first-order chi connectivity index (χ1) is 6.80. The fraction of sp³-hybridized carbons (Fsp3) is 0.500. The molecule has 0 fully saturated rings. The van der Waals surface area contributed by atoms with E-state index in [4.69, 9.17) is 0 Å². The standard InChI is InChI=1S/C10H11F3OS/c1-6(2)5-7-3-4-8(15-7)9(14)10(11,12)13/h3-4,6H,5H2,1-2H3. The summed E-state index contributed by atoms with van der Waals surface area (Å²) in [5.74, 6) is -1.38. The third-order valence-corrected chi connectivity index (χ3v) is 2.86. The molecule has 0 aliphatic carbocycles. The van der Waals surface area contributed by atoms with Crippen molar-refractivity contribution < 1.29 is 18.0 Å². The molecule has 1 rings (SSSR count). The first kappa shape index (κ1) is 12.2. The summed E-state index contributed by atoms with van der Waals surface area (Å²) in [6.07, 6.45) is -4.06. The van der Waals surface area contributed by atoms with Gasteiger partial charge in [0.1, 0.15) is 0 Å². The van der Waals surface area contributed by atoms with Crippen LogP contribution in [0, 0.1) is 5.92 Å². The SMILES string of the molecule is CC(C)Cc1ccc(C(=O)C(F)(F)F)s1. The molecule has 84 valence electrons. The molecule has 0 aliphatic heterocycles. The molecule has 0 saturated carbocycles. The zero-order chi connectivity index (χ0) is 11.6. The quantitative estimate of drug-likeness (QED) is 0.731. The topological polar surface area (TPSA) is 17.1 Å². The molecular weight excluding hydrogens is 225 g/mol. The second-order valence-corrected chi connectivity index (χ2v) is 4.86. The molecule has 0 saturated heterocycles. The molecule has 0 unspecified atom stereocenters. The van der Waals surface area contributed by atoms with Crippen LogP contribution >= 0.6 is 11.3 Å². The fourth-order valence-electron chi connectivity index (χ4n) is 1.15. The number of thiophene rings is 1. The summed E-state index contributed by atoms with van der Waals surface area (Å²) >= 11 is 0.927. The van der Waals surface area contributed by atoms with E-state index in [0.717, 1.165) is 16.2 Å². The van der Waals surface area contributed by atoms with E-state index in [0.29, 0.717) is 12.3 Å². The Kier molecular flexibility index (Phi) is 3.54. The van der Waals surface area contributed by atoms with Gasteiger partial charge in [-0.3, -0.25) is 4.79 Å². The lowest BCUT2D eigenvalue weighted by molar-refractivity contribution is -0.0882. The number of Topliss-reactive ketones (excluding diaryl/α,β-unsaturated/α-hetero) is 1. The molecular formula is C10H11F3OS. The summed E-state index contributed by atoms with van der Waals surface area (Å²) in [5, 5.41) is 0. The number of carbonyl (C=O) groups excluding carboxylic acids is 1. The van der Waals surface area contributed by atoms with Crippen molar-refractivity contribution in [2.45, 2.75) is 26.4 Å². The van der Waals surface area contributed by atoms with E-state index < -0.39 is 12.0 Å². The van der Waals surface area contributed by atoms with Crippen molar-refractivity contribution in [2.75, 3.05) is 0 Å². The maximum atomic E-state index is 12.1. The maximum Gasteiger partial charge on any atom is 0.455 e. The van der Waals surface area contributed by atoms with Crippen molar-refractivity contribution in [1.29, 1.82) is 0 Å². The van der Waals surface area contributed by atoms with Crippen molar-refractivity contribution in [1.82, 2.24) is 0 Å². The Morgan fingerprint density at radius 2 is 2.00 bits per heavy atom. The third-order valence-electron chi connectivity index (χ3n) is 1.75. The number of halogens is 3. The van der Waals surface area contributed by atoms with Crippen LogP contribution in [0.15, 0.2) is 12.1 Å². The highest BCUT2D eigenvalue weighted by Crippen LogP contribution is 2.27. The Hall–Kier alpha value is -0.840. The van der Waals surface area contributed by atoms with Crippen LogP contribution in [0.3, 0.4) is 0 Å².